The van der Waals surface area contributed by atoms with Crippen molar-refractivity contribution in [1.29, 1.82) is 0 Å². The number of fused-ring (bicyclic) bond motifs is 1. The van der Waals surface area contributed by atoms with Gasteiger partial charge in [0.25, 0.3) is 15.9 Å². The van der Waals surface area contributed by atoms with Gasteiger partial charge in [-0.15, -0.1) is 0 Å². The highest BCUT2D eigenvalue weighted by Gasteiger charge is 2.43. The standard InChI is InChI=1S/C26H25N3O4S/c30-24(19-29-26(31)22-13-7-8-14-23(22)34(29,32)33)27-15-17-28(18-16-27)25(20-9-3-1-4-10-20)21-11-5-2-6-12-21/h1-14,25H,15-19H2/p+1. The molecule has 5 rings (SSSR count). The highest BCUT2D eigenvalue weighted by Crippen LogP contribution is 2.29. The van der Waals surface area contributed by atoms with E-state index in [0.717, 1.165) is 13.1 Å². The van der Waals surface area contributed by atoms with Crippen LogP contribution in [0.2, 0.25) is 0 Å². The van der Waals surface area contributed by atoms with E-state index in [0.29, 0.717) is 17.4 Å². The summed E-state index contributed by atoms with van der Waals surface area (Å²) in [7, 11) is -3.99. The van der Waals surface area contributed by atoms with Gasteiger partial charge < -0.3 is 9.80 Å². The molecule has 0 aliphatic carbocycles. The molecule has 8 heteroatoms. The van der Waals surface area contributed by atoms with Gasteiger partial charge in [-0.1, -0.05) is 72.8 Å². The third-order valence-electron chi connectivity index (χ3n) is 6.62. The van der Waals surface area contributed by atoms with E-state index < -0.39 is 22.5 Å². The van der Waals surface area contributed by atoms with Gasteiger partial charge in [-0.05, 0) is 12.1 Å². The van der Waals surface area contributed by atoms with Crippen molar-refractivity contribution in [2.75, 3.05) is 32.7 Å². The smallest absolute Gasteiger partial charge is 0.269 e. The Hall–Kier alpha value is -3.49. The molecule has 1 N–H and O–H groups in total. The van der Waals surface area contributed by atoms with E-state index in [1.54, 1.807) is 17.0 Å². The molecule has 2 amide bonds. The molecule has 0 spiro atoms. The Morgan fingerprint density at radius 2 is 1.35 bits per heavy atom. The van der Waals surface area contributed by atoms with Crippen LogP contribution in [-0.2, 0) is 14.8 Å². The largest absolute Gasteiger partial charge is 0.330 e. The Morgan fingerprint density at radius 3 is 1.91 bits per heavy atom. The SMILES string of the molecule is O=C(CN1C(=O)c2ccccc2S1(=O)=O)N1CC[NH+](C(c2ccccc2)c2ccccc2)CC1. The molecule has 0 bridgehead atoms. The summed E-state index contributed by atoms with van der Waals surface area (Å²) < 4.78 is 26.3. The number of amides is 2. The number of rotatable bonds is 5. The molecule has 0 radical (unpaired) electrons. The summed E-state index contributed by atoms with van der Waals surface area (Å²) in [5, 5.41) is 0. The van der Waals surface area contributed by atoms with Crippen LogP contribution in [0, 0.1) is 0 Å². The van der Waals surface area contributed by atoms with Crippen LogP contribution >= 0.6 is 0 Å². The summed E-state index contributed by atoms with van der Waals surface area (Å²) in [5.41, 5.74) is 2.56. The van der Waals surface area contributed by atoms with Crippen LogP contribution in [0.1, 0.15) is 27.5 Å². The Balaban J connectivity index is 1.29. The van der Waals surface area contributed by atoms with Crippen molar-refractivity contribution >= 4 is 21.8 Å². The first-order valence-corrected chi connectivity index (χ1v) is 12.8. The summed E-state index contributed by atoms with van der Waals surface area (Å²) >= 11 is 0. The van der Waals surface area contributed by atoms with Crippen molar-refractivity contribution < 1.29 is 22.9 Å². The maximum Gasteiger partial charge on any atom is 0.269 e. The zero-order valence-electron chi connectivity index (χ0n) is 18.6. The van der Waals surface area contributed by atoms with Gasteiger partial charge in [0, 0.05) is 11.1 Å². The summed E-state index contributed by atoms with van der Waals surface area (Å²) in [6, 6.07) is 26.9. The molecule has 2 heterocycles. The van der Waals surface area contributed by atoms with Gasteiger partial charge in [0.15, 0.2) is 0 Å². The number of sulfonamides is 1. The predicted molar refractivity (Wildman–Crippen MR) is 127 cm³/mol. The van der Waals surface area contributed by atoms with Crippen molar-refractivity contribution in [2.45, 2.75) is 10.9 Å². The minimum Gasteiger partial charge on any atom is -0.330 e. The van der Waals surface area contributed by atoms with Gasteiger partial charge >= 0.3 is 0 Å². The van der Waals surface area contributed by atoms with E-state index in [1.165, 1.54) is 28.2 Å². The molecular weight excluding hydrogens is 450 g/mol. The van der Waals surface area contributed by atoms with Gasteiger partial charge in [0.1, 0.15) is 17.5 Å². The van der Waals surface area contributed by atoms with Crippen LogP contribution in [0.25, 0.3) is 0 Å². The molecule has 34 heavy (non-hydrogen) atoms. The van der Waals surface area contributed by atoms with Crippen molar-refractivity contribution in [2.24, 2.45) is 0 Å². The maximum absolute atomic E-state index is 13.0. The van der Waals surface area contributed by atoms with Gasteiger partial charge in [-0.2, -0.15) is 0 Å². The summed E-state index contributed by atoms with van der Waals surface area (Å²) in [6.45, 7) is 1.98. The summed E-state index contributed by atoms with van der Waals surface area (Å²) in [5.74, 6) is -0.985. The van der Waals surface area contributed by atoms with Crippen LogP contribution in [0.4, 0.5) is 0 Å². The van der Waals surface area contributed by atoms with Crippen LogP contribution in [-0.4, -0.2) is 62.2 Å². The van der Waals surface area contributed by atoms with Gasteiger partial charge in [-0.3, -0.25) is 9.59 Å². The molecule has 0 atom stereocenters. The second-order valence-corrected chi connectivity index (χ2v) is 10.4. The summed E-state index contributed by atoms with van der Waals surface area (Å²) in [6.07, 6.45) is 0. The number of nitrogens with one attached hydrogen (secondary N) is 1. The zero-order valence-corrected chi connectivity index (χ0v) is 19.4. The van der Waals surface area contributed by atoms with E-state index in [4.69, 9.17) is 0 Å². The third kappa shape index (κ3) is 3.99. The molecule has 2 aliphatic rings. The topological polar surface area (TPSA) is 79.2 Å². The van der Waals surface area contributed by atoms with Crippen LogP contribution < -0.4 is 4.90 Å². The number of piperazine rings is 1. The minimum absolute atomic E-state index is 0.0318. The second-order valence-electron chi connectivity index (χ2n) is 8.61. The first-order valence-electron chi connectivity index (χ1n) is 11.3. The van der Waals surface area contributed by atoms with Crippen molar-refractivity contribution in [3.05, 3.63) is 102 Å². The van der Waals surface area contributed by atoms with E-state index >= 15 is 0 Å². The second kappa shape index (κ2) is 9.04. The first kappa shape index (κ1) is 22.3. The fraction of sp³-hybridized carbons (Fsp3) is 0.231. The lowest BCUT2D eigenvalue weighted by molar-refractivity contribution is -0.929. The molecule has 1 saturated heterocycles. The number of hydrogen-bond acceptors (Lipinski definition) is 4. The molecule has 7 nitrogen and oxygen atoms in total. The predicted octanol–water partition coefficient (Wildman–Crippen LogP) is 1.35. The zero-order chi connectivity index (χ0) is 23.7. The molecule has 0 aromatic heterocycles. The molecule has 3 aromatic rings. The van der Waals surface area contributed by atoms with E-state index in [2.05, 4.69) is 24.3 Å². The molecule has 0 unspecified atom stereocenters. The van der Waals surface area contributed by atoms with Crippen molar-refractivity contribution in [3.63, 3.8) is 0 Å². The quantitative estimate of drug-likeness (QED) is 0.603. The number of hydrogen-bond donors (Lipinski definition) is 1. The number of nitrogens with zero attached hydrogens (tertiary/aromatic N) is 2. The fourth-order valence-corrected chi connectivity index (χ4v) is 6.42. The Bertz CT molecular complexity index is 1260. The molecule has 174 valence electrons. The Kier molecular flexibility index (Phi) is 5.93. The number of carbonyl (C=O) groups excluding carboxylic acids is 2. The fourth-order valence-electron chi connectivity index (χ4n) is 4.90. The van der Waals surface area contributed by atoms with Gasteiger partial charge in [-0.25, -0.2) is 12.7 Å². The van der Waals surface area contributed by atoms with Crippen molar-refractivity contribution in [3.8, 4) is 0 Å². The third-order valence-corrected chi connectivity index (χ3v) is 8.41. The molecule has 2 aliphatic heterocycles. The average molecular weight is 477 g/mol. The highest BCUT2D eigenvalue weighted by atomic mass is 32.2. The highest BCUT2D eigenvalue weighted by molar-refractivity contribution is 7.90. The van der Waals surface area contributed by atoms with Crippen LogP contribution in [0.5, 0.6) is 0 Å². The average Bonchev–Trinajstić information content (AvgIpc) is 3.07. The van der Waals surface area contributed by atoms with Crippen molar-refractivity contribution in [1.82, 2.24) is 9.21 Å². The minimum atomic E-state index is -3.99. The number of benzene rings is 3. The maximum atomic E-state index is 13.0. The van der Waals surface area contributed by atoms with Crippen LogP contribution in [0.15, 0.2) is 89.8 Å². The normalized spacial score (nSPS) is 17.7. The number of quaternary nitrogens is 1. The lowest BCUT2D eigenvalue weighted by Crippen LogP contribution is -3.15. The monoisotopic (exact) mass is 476 g/mol. The first-order chi connectivity index (χ1) is 16.5. The van der Waals surface area contributed by atoms with Crippen LogP contribution in [0.3, 0.4) is 0 Å². The molecule has 1 fully saturated rings. The van der Waals surface area contributed by atoms with E-state index in [1.807, 2.05) is 36.4 Å². The van der Waals surface area contributed by atoms with Gasteiger partial charge in [0.05, 0.1) is 31.7 Å². The molecule has 0 saturated carbocycles. The Labute approximate surface area is 199 Å². The summed E-state index contributed by atoms with van der Waals surface area (Å²) in [4.78, 5) is 28.7. The van der Waals surface area contributed by atoms with E-state index in [9.17, 15) is 18.0 Å². The number of carbonyl (C=O) groups is 2. The van der Waals surface area contributed by atoms with Gasteiger partial charge in [0.2, 0.25) is 5.91 Å². The molecule has 3 aromatic carbocycles. The lowest BCUT2D eigenvalue weighted by Gasteiger charge is -2.37. The lowest BCUT2D eigenvalue weighted by atomic mass is 9.96. The van der Waals surface area contributed by atoms with E-state index in [-0.39, 0.29) is 22.4 Å². The Morgan fingerprint density at radius 1 is 0.824 bits per heavy atom. The molecular formula is C26H26N3O4S+.